The summed E-state index contributed by atoms with van der Waals surface area (Å²) in [4.78, 5) is 16.9. The highest BCUT2D eigenvalue weighted by atomic mass is 19.1. The summed E-state index contributed by atoms with van der Waals surface area (Å²) in [7, 11) is 1.41. The van der Waals surface area contributed by atoms with Gasteiger partial charge in [-0.25, -0.2) is 13.9 Å². The van der Waals surface area contributed by atoms with Gasteiger partial charge in [0.15, 0.2) is 17.2 Å². The van der Waals surface area contributed by atoms with Crippen LogP contribution in [0.4, 0.5) is 4.39 Å². The molecule has 7 nitrogen and oxygen atoms in total. The summed E-state index contributed by atoms with van der Waals surface area (Å²) in [5.41, 5.74) is 4.14. The molecule has 1 amide bonds. The number of carbonyl (C=O) groups is 1. The normalized spacial score (nSPS) is 11.9. The van der Waals surface area contributed by atoms with Crippen molar-refractivity contribution in [2.75, 3.05) is 7.11 Å². The average Bonchev–Trinajstić information content (AvgIpc) is 3.10. The Labute approximate surface area is 168 Å². The van der Waals surface area contributed by atoms with Crippen molar-refractivity contribution in [3.63, 3.8) is 0 Å². The van der Waals surface area contributed by atoms with Gasteiger partial charge in [-0.1, -0.05) is 6.07 Å². The average molecular weight is 395 g/mol. The lowest BCUT2D eigenvalue weighted by Gasteiger charge is -2.16. The van der Waals surface area contributed by atoms with E-state index in [1.54, 1.807) is 23.6 Å². The van der Waals surface area contributed by atoms with Gasteiger partial charge < -0.3 is 10.1 Å². The van der Waals surface area contributed by atoms with Gasteiger partial charge in [0.2, 0.25) is 5.91 Å². The lowest BCUT2D eigenvalue weighted by molar-refractivity contribution is -0.121. The van der Waals surface area contributed by atoms with Gasteiger partial charge in [0.25, 0.3) is 0 Å². The minimum Gasteiger partial charge on any atom is -0.494 e. The van der Waals surface area contributed by atoms with E-state index in [9.17, 15) is 9.18 Å². The lowest BCUT2D eigenvalue weighted by atomic mass is 10.0. The van der Waals surface area contributed by atoms with Crippen LogP contribution < -0.4 is 10.1 Å². The first-order valence-electron chi connectivity index (χ1n) is 9.22. The zero-order chi connectivity index (χ0) is 21.1. The van der Waals surface area contributed by atoms with Crippen LogP contribution in [-0.2, 0) is 11.2 Å². The molecule has 0 spiro atoms. The molecule has 0 radical (unpaired) electrons. The molecule has 8 heteroatoms. The molecule has 0 bridgehead atoms. The summed E-state index contributed by atoms with van der Waals surface area (Å²) in [6.07, 6.45) is 2.23. The molecular weight excluding hydrogens is 373 g/mol. The molecule has 0 fully saturated rings. The highest BCUT2D eigenvalue weighted by Gasteiger charge is 2.16. The molecule has 1 N–H and O–H groups in total. The van der Waals surface area contributed by atoms with Crippen LogP contribution in [0.3, 0.4) is 0 Å². The van der Waals surface area contributed by atoms with Gasteiger partial charge in [0.1, 0.15) is 11.6 Å². The fourth-order valence-corrected chi connectivity index (χ4v) is 3.34. The van der Waals surface area contributed by atoms with Gasteiger partial charge in [-0.3, -0.25) is 4.79 Å². The Morgan fingerprint density at radius 1 is 1.41 bits per heavy atom. The number of hydrogen-bond acceptors (Lipinski definition) is 5. The molecule has 0 aliphatic rings. The Balaban J connectivity index is 1.69. The number of ether oxygens (including phenoxy) is 1. The van der Waals surface area contributed by atoms with Crippen molar-refractivity contribution in [3.05, 3.63) is 58.3 Å². The van der Waals surface area contributed by atoms with Crippen molar-refractivity contribution in [1.82, 2.24) is 19.9 Å². The van der Waals surface area contributed by atoms with Crippen LogP contribution >= 0.6 is 0 Å². The van der Waals surface area contributed by atoms with Crippen LogP contribution in [0.15, 0.2) is 24.4 Å². The maximum Gasteiger partial charge on any atom is 0.220 e. The summed E-state index contributed by atoms with van der Waals surface area (Å²) in [6.45, 7) is 5.55. The van der Waals surface area contributed by atoms with E-state index in [-0.39, 0.29) is 24.1 Å². The first-order valence-corrected chi connectivity index (χ1v) is 9.22. The van der Waals surface area contributed by atoms with Crippen LogP contribution in [0, 0.1) is 31.0 Å². The Morgan fingerprint density at radius 3 is 2.83 bits per heavy atom. The number of rotatable bonds is 6. The third kappa shape index (κ3) is 4.04. The lowest BCUT2D eigenvalue weighted by Crippen LogP contribution is -2.27. The minimum atomic E-state index is -0.465. The van der Waals surface area contributed by atoms with Crippen molar-refractivity contribution >= 4 is 11.6 Å². The van der Waals surface area contributed by atoms with E-state index < -0.39 is 5.82 Å². The summed E-state index contributed by atoms with van der Waals surface area (Å²) in [5, 5.41) is 16.3. The number of hydrogen-bond donors (Lipinski definition) is 1. The van der Waals surface area contributed by atoms with Crippen LogP contribution in [0.25, 0.3) is 5.65 Å². The number of halogens is 1. The van der Waals surface area contributed by atoms with Gasteiger partial charge in [-0.15, -0.1) is 0 Å². The summed E-state index contributed by atoms with van der Waals surface area (Å²) in [5.74, 6) is -0.446. The highest BCUT2D eigenvalue weighted by molar-refractivity contribution is 5.76. The van der Waals surface area contributed by atoms with E-state index in [0.29, 0.717) is 23.2 Å². The molecule has 0 saturated carbocycles. The van der Waals surface area contributed by atoms with Gasteiger partial charge >= 0.3 is 0 Å². The van der Waals surface area contributed by atoms with Crippen molar-refractivity contribution in [2.45, 2.75) is 39.7 Å². The molecule has 1 atom stereocenters. The Kier molecular flexibility index (Phi) is 5.78. The Morgan fingerprint density at radius 2 is 2.17 bits per heavy atom. The smallest absolute Gasteiger partial charge is 0.220 e. The van der Waals surface area contributed by atoms with E-state index >= 15 is 0 Å². The predicted molar refractivity (Wildman–Crippen MR) is 105 cm³/mol. The molecule has 2 heterocycles. The van der Waals surface area contributed by atoms with E-state index in [4.69, 9.17) is 10.00 Å². The molecule has 2 aromatic heterocycles. The number of aryl methyl sites for hydroxylation is 2. The van der Waals surface area contributed by atoms with Crippen LogP contribution in [-0.4, -0.2) is 27.6 Å². The predicted octanol–water partition coefficient (Wildman–Crippen LogP) is 3.18. The minimum absolute atomic E-state index is 0.147. The first-order chi connectivity index (χ1) is 13.8. The number of nitriles is 1. The van der Waals surface area contributed by atoms with Gasteiger partial charge in [-0.05, 0) is 50.5 Å². The zero-order valence-corrected chi connectivity index (χ0v) is 16.8. The molecule has 0 aliphatic carbocycles. The van der Waals surface area contributed by atoms with Crippen molar-refractivity contribution in [3.8, 4) is 11.8 Å². The first kappa shape index (κ1) is 20.3. The number of fused-ring (bicyclic) bond motifs is 1. The van der Waals surface area contributed by atoms with Crippen LogP contribution in [0.1, 0.15) is 47.5 Å². The van der Waals surface area contributed by atoms with Gasteiger partial charge in [0.05, 0.1) is 19.3 Å². The highest BCUT2D eigenvalue weighted by Crippen LogP contribution is 2.22. The molecular formula is C21H22FN5O2. The molecule has 1 aromatic carbocycles. The molecule has 150 valence electrons. The second-order valence-corrected chi connectivity index (χ2v) is 6.85. The fraction of sp³-hybridized carbons (Fsp3) is 0.333. The van der Waals surface area contributed by atoms with E-state index in [0.717, 1.165) is 17.0 Å². The largest absolute Gasteiger partial charge is 0.494 e. The SMILES string of the molecule is COc1ccc([C@H](C)NC(=O)CCc2c(C)nc3c(C#N)cnn3c2C)cc1F. The third-order valence-corrected chi connectivity index (χ3v) is 4.98. The van der Waals surface area contributed by atoms with Crippen LogP contribution in [0.5, 0.6) is 5.75 Å². The number of carbonyl (C=O) groups excluding carboxylic acids is 1. The van der Waals surface area contributed by atoms with Crippen molar-refractivity contribution < 1.29 is 13.9 Å². The Hall–Kier alpha value is -3.47. The number of nitrogens with zero attached hydrogens (tertiary/aromatic N) is 4. The second kappa shape index (κ2) is 8.27. The number of amides is 1. The summed E-state index contributed by atoms with van der Waals surface area (Å²) < 4.78 is 20.4. The molecule has 3 rings (SSSR count). The third-order valence-electron chi connectivity index (χ3n) is 4.98. The van der Waals surface area contributed by atoms with Crippen LogP contribution in [0.2, 0.25) is 0 Å². The van der Waals surface area contributed by atoms with E-state index in [1.165, 1.54) is 19.4 Å². The van der Waals surface area contributed by atoms with E-state index in [1.807, 2.05) is 13.8 Å². The maximum absolute atomic E-state index is 13.9. The molecule has 3 aromatic rings. The second-order valence-electron chi connectivity index (χ2n) is 6.85. The van der Waals surface area contributed by atoms with Gasteiger partial charge in [0, 0.05) is 17.8 Å². The van der Waals surface area contributed by atoms with Crippen molar-refractivity contribution in [1.29, 1.82) is 5.26 Å². The summed E-state index contributed by atoms with van der Waals surface area (Å²) in [6, 6.07) is 6.37. The summed E-state index contributed by atoms with van der Waals surface area (Å²) >= 11 is 0. The van der Waals surface area contributed by atoms with E-state index in [2.05, 4.69) is 21.5 Å². The zero-order valence-electron chi connectivity index (χ0n) is 16.8. The van der Waals surface area contributed by atoms with Crippen molar-refractivity contribution in [2.24, 2.45) is 0 Å². The Bertz CT molecular complexity index is 1120. The number of benzene rings is 1. The quantitative estimate of drug-likeness (QED) is 0.692. The maximum atomic E-state index is 13.9. The molecule has 0 aliphatic heterocycles. The fourth-order valence-electron chi connectivity index (χ4n) is 3.34. The molecule has 0 unspecified atom stereocenters. The number of aromatic nitrogens is 3. The topological polar surface area (TPSA) is 92.3 Å². The standard InChI is InChI=1S/C21H22FN5O2/c1-12(15-5-7-19(29-4)18(22)9-15)25-20(28)8-6-17-13(2)26-21-16(10-23)11-24-27(21)14(17)3/h5,7,9,11-12H,6,8H2,1-4H3,(H,25,28)/t12-/m0/s1. The molecule has 0 saturated heterocycles. The molecule has 29 heavy (non-hydrogen) atoms. The number of methoxy groups -OCH3 is 1. The van der Waals surface area contributed by atoms with Gasteiger partial charge in [-0.2, -0.15) is 10.4 Å². The monoisotopic (exact) mass is 395 g/mol. The number of nitrogens with one attached hydrogen (secondary N) is 1.